The monoisotopic (exact) mass is 488 g/mol. The van der Waals surface area contributed by atoms with Crippen LogP contribution in [-0.2, 0) is 42.9 Å². The number of aryl methyl sites for hydroxylation is 3. The molecule has 1 saturated heterocycles. The van der Waals surface area contributed by atoms with Crippen LogP contribution in [0.15, 0.2) is 18.5 Å². The van der Waals surface area contributed by atoms with Crippen LogP contribution in [0, 0.1) is 11.1 Å². The van der Waals surface area contributed by atoms with E-state index in [0.29, 0.717) is 18.2 Å². The van der Waals surface area contributed by atoms with E-state index in [2.05, 4.69) is 28.3 Å². The lowest BCUT2D eigenvalue weighted by Gasteiger charge is -2.38. The van der Waals surface area contributed by atoms with Gasteiger partial charge < -0.3 is 10.1 Å². The molecule has 2 heterocycles. The number of likely N-dealkylation sites (tertiary alicyclic amines) is 1. The van der Waals surface area contributed by atoms with Crippen LogP contribution in [0.1, 0.15) is 42.0 Å². The van der Waals surface area contributed by atoms with E-state index < -0.39 is 20.7 Å². The van der Waals surface area contributed by atoms with Crippen molar-refractivity contribution in [2.75, 3.05) is 35.8 Å². The van der Waals surface area contributed by atoms with Gasteiger partial charge in [-0.15, -0.1) is 0 Å². The number of quaternary nitrogens is 1. The molecule has 1 aliphatic heterocycles. The molecule has 2 N–H and O–H groups in total. The highest BCUT2D eigenvalue weighted by Gasteiger charge is 2.37. The van der Waals surface area contributed by atoms with Crippen molar-refractivity contribution in [2.45, 2.75) is 45.4 Å². The number of rotatable bonds is 7. The fourth-order valence-corrected chi connectivity index (χ4v) is 6.70. The lowest BCUT2D eigenvalue weighted by molar-refractivity contribution is -0.604. The van der Waals surface area contributed by atoms with E-state index in [4.69, 9.17) is 0 Å². The van der Waals surface area contributed by atoms with Gasteiger partial charge in [0.1, 0.15) is 0 Å². The molecular weight excluding hydrogens is 456 g/mol. The SMILES string of the molecule is CC1CN(CCN(c2cnn(C)c2)S(=O)(=O)[NH+]([O-])C(=O)Nc2c3c(cc4c2CCC4)CCC3)C1. The van der Waals surface area contributed by atoms with Gasteiger partial charge in [0.2, 0.25) is 0 Å². The maximum atomic E-state index is 13.4. The second-order valence-electron chi connectivity index (χ2n) is 9.79. The summed E-state index contributed by atoms with van der Waals surface area (Å²) in [5.41, 5.74) is 5.45. The van der Waals surface area contributed by atoms with Crippen molar-refractivity contribution in [1.29, 1.82) is 0 Å². The summed E-state index contributed by atoms with van der Waals surface area (Å²) in [4.78, 5) is 15.2. The summed E-state index contributed by atoms with van der Waals surface area (Å²) < 4.78 is 27.8. The van der Waals surface area contributed by atoms with Crippen molar-refractivity contribution in [3.05, 3.63) is 45.9 Å². The molecule has 1 aromatic heterocycles. The zero-order chi connectivity index (χ0) is 24.0. The molecule has 0 radical (unpaired) electrons. The zero-order valence-corrected chi connectivity index (χ0v) is 20.5. The van der Waals surface area contributed by atoms with Gasteiger partial charge in [0.15, 0.2) is 0 Å². The van der Waals surface area contributed by atoms with Gasteiger partial charge in [-0.05, 0) is 66.7 Å². The molecule has 0 spiro atoms. The van der Waals surface area contributed by atoms with Crippen molar-refractivity contribution < 1.29 is 17.7 Å². The fourth-order valence-electron chi connectivity index (χ4n) is 5.52. The van der Waals surface area contributed by atoms with E-state index in [1.165, 1.54) is 22.0 Å². The number of aromatic nitrogens is 2. The molecular formula is C23H32N6O4S. The molecule has 1 aromatic carbocycles. The summed E-state index contributed by atoms with van der Waals surface area (Å²) in [5, 5.41) is 19.9. The zero-order valence-electron chi connectivity index (χ0n) is 19.7. The Balaban J connectivity index is 1.38. The molecule has 0 bridgehead atoms. The normalized spacial score (nSPS) is 18.9. The first-order valence-electron chi connectivity index (χ1n) is 12.0. The third-order valence-corrected chi connectivity index (χ3v) is 8.79. The van der Waals surface area contributed by atoms with E-state index in [1.807, 2.05) is 0 Å². The summed E-state index contributed by atoms with van der Waals surface area (Å²) in [5.74, 6) is 0.574. The topological polar surface area (TPSA) is 115 Å². The third kappa shape index (κ3) is 4.21. The minimum atomic E-state index is -4.58. The maximum absolute atomic E-state index is 13.4. The number of carbonyl (C=O) groups excluding carboxylic acids is 1. The Kier molecular flexibility index (Phi) is 6.13. The molecule has 184 valence electrons. The molecule has 1 unspecified atom stereocenters. The lowest BCUT2D eigenvalue weighted by Crippen LogP contribution is -3.14. The van der Waals surface area contributed by atoms with Crippen molar-refractivity contribution in [1.82, 2.24) is 14.7 Å². The average Bonchev–Trinajstić information content (AvgIpc) is 3.52. The van der Waals surface area contributed by atoms with Crippen LogP contribution >= 0.6 is 0 Å². The Hall–Kier alpha value is -2.47. The summed E-state index contributed by atoms with van der Waals surface area (Å²) in [6, 6.07) is 1.13. The number of nitrogens with one attached hydrogen (secondary N) is 2. The third-order valence-electron chi connectivity index (χ3n) is 7.16. The summed E-state index contributed by atoms with van der Waals surface area (Å²) in [7, 11) is -2.90. The van der Waals surface area contributed by atoms with Crippen LogP contribution < -0.4 is 14.1 Å². The summed E-state index contributed by atoms with van der Waals surface area (Å²) in [6.45, 7) is 4.47. The van der Waals surface area contributed by atoms with E-state index >= 15 is 0 Å². The first kappa shape index (κ1) is 23.3. The Morgan fingerprint density at radius 1 is 1.21 bits per heavy atom. The van der Waals surface area contributed by atoms with E-state index in [1.54, 1.807) is 13.2 Å². The molecule has 0 saturated carbocycles. The van der Waals surface area contributed by atoms with Gasteiger partial charge in [-0.25, -0.2) is 9.10 Å². The van der Waals surface area contributed by atoms with Gasteiger partial charge in [0, 0.05) is 32.9 Å². The molecule has 2 aliphatic carbocycles. The number of hydrogen-bond donors (Lipinski definition) is 2. The number of benzene rings is 1. The highest BCUT2D eigenvalue weighted by molar-refractivity contribution is 7.86. The number of fused-ring (bicyclic) bond motifs is 2. The number of amides is 2. The Labute approximate surface area is 200 Å². The van der Waals surface area contributed by atoms with E-state index in [0.717, 1.165) is 67.0 Å². The number of urea groups is 1. The number of nitrogens with zero attached hydrogens (tertiary/aromatic N) is 4. The largest absolute Gasteiger partial charge is 0.608 e. The number of hydroxylamine groups is 1. The summed E-state index contributed by atoms with van der Waals surface area (Å²) >= 11 is 0. The second-order valence-corrected chi connectivity index (χ2v) is 11.6. The highest BCUT2D eigenvalue weighted by Crippen LogP contribution is 2.38. The van der Waals surface area contributed by atoms with Crippen LogP contribution in [0.4, 0.5) is 16.2 Å². The Bertz CT molecular complexity index is 1170. The molecule has 1 fully saturated rings. The van der Waals surface area contributed by atoms with E-state index in [-0.39, 0.29) is 12.2 Å². The van der Waals surface area contributed by atoms with Crippen LogP contribution in [0.5, 0.6) is 0 Å². The van der Waals surface area contributed by atoms with Gasteiger partial charge in [0.05, 0.1) is 24.1 Å². The molecule has 10 nitrogen and oxygen atoms in total. The standard InChI is InChI=1S/C23H32N6O4S/c1-16-13-27(14-16)9-10-28(19-12-24-26(2)15-19)34(32,33)29(31)23(30)25-22-20-7-3-5-17(20)11-18-6-4-8-21(18)22/h11-12,15-16,29H,3-10,13-14H2,1-2H3,(H,25,30). The lowest BCUT2D eigenvalue weighted by atomic mass is 9.99. The predicted octanol–water partition coefficient (Wildman–Crippen LogP) is 1.02. The first-order chi connectivity index (χ1) is 16.2. The Morgan fingerprint density at radius 3 is 2.41 bits per heavy atom. The molecule has 34 heavy (non-hydrogen) atoms. The van der Waals surface area contributed by atoms with Crippen molar-refractivity contribution in [3.63, 3.8) is 0 Å². The average molecular weight is 489 g/mol. The minimum Gasteiger partial charge on any atom is -0.608 e. The van der Waals surface area contributed by atoms with Crippen molar-refractivity contribution in [3.8, 4) is 0 Å². The fraction of sp³-hybridized carbons (Fsp3) is 0.565. The van der Waals surface area contributed by atoms with Crippen LogP contribution in [0.2, 0.25) is 0 Å². The van der Waals surface area contributed by atoms with Crippen molar-refractivity contribution >= 4 is 27.6 Å². The molecule has 5 rings (SSSR count). The molecule has 2 amide bonds. The van der Waals surface area contributed by atoms with Crippen molar-refractivity contribution in [2.24, 2.45) is 13.0 Å². The maximum Gasteiger partial charge on any atom is 0.436 e. The van der Waals surface area contributed by atoms with Gasteiger partial charge in [0.25, 0.3) is 0 Å². The molecule has 2 aromatic rings. The molecule has 3 aliphatic rings. The second kappa shape index (κ2) is 8.95. The quantitative estimate of drug-likeness (QED) is 0.563. The van der Waals surface area contributed by atoms with Gasteiger partial charge in [-0.3, -0.25) is 10.00 Å². The van der Waals surface area contributed by atoms with Crippen LogP contribution in [0.3, 0.4) is 0 Å². The number of hydrogen-bond acceptors (Lipinski definition) is 6. The minimum absolute atomic E-state index is 0.0793. The molecule has 1 atom stereocenters. The van der Waals surface area contributed by atoms with Gasteiger partial charge >= 0.3 is 16.2 Å². The molecule has 11 heteroatoms. The van der Waals surface area contributed by atoms with E-state index in [9.17, 15) is 18.4 Å². The number of carbonyl (C=O) groups is 1. The van der Waals surface area contributed by atoms with Gasteiger partial charge in [-0.1, -0.05) is 13.0 Å². The smallest absolute Gasteiger partial charge is 0.436 e. The van der Waals surface area contributed by atoms with Crippen LogP contribution in [-0.4, -0.2) is 55.3 Å². The Morgan fingerprint density at radius 2 is 1.85 bits per heavy atom. The first-order valence-corrected chi connectivity index (χ1v) is 13.4. The highest BCUT2D eigenvalue weighted by atomic mass is 32.2. The predicted molar refractivity (Wildman–Crippen MR) is 129 cm³/mol. The number of anilines is 2. The van der Waals surface area contributed by atoms with Crippen LogP contribution in [0.25, 0.3) is 0 Å². The van der Waals surface area contributed by atoms with Gasteiger partial charge in [-0.2, -0.15) is 18.0 Å². The summed E-state index contributed by atoms with van der Waals surface area (Å²) in [6.07, 6.45) is 8.49.